The number of hydrogen-bond acceptors (Lipinski definition) is 2. The Labute approximate surface area is 102 Å². The van der Waals surface area contributed by atoms with Crippen LogP contribution < -0.4 is 5.32 Å². The first kappa shape index (κ1) is 13.3. The van der Waals surface area contributed by atoms with E-state index in [0.717, 1.165) is 11.1 Å². The summed E-state index contributed by atoms with van der Waals surface area (Å²) in [4.78, 5) is 11.8. The minimum Gasteiger partial charge on any atom is -0.384 e. The smallest absolute Gasteiger partial charge is 0.251 e. The molecule has 0 bridgehead atoms. The van der Waals surface area contributed by atoms with Crippen LogP contribution in [0.3, 0.4) is 0 Å². The number of aliphatic hydroxyl groups excluding tert-OH is 1. The fourth-order valence-electron chi connectivity index (χ4n) is 1.47. The summed E-state index contributed by atoms with van der Waals surface area (Å²) in [5, 5.41) is 11.5. The van der Waals surface area contributed by atoms with Gasteiger partial charge in [0.05, 0.1) is 0 Å². The van der Waals surface area contributed by atoms with Crippen molar-refractivity contribution >= 4 is 5.91 Å². The average Bonchev–Trinajstić information content (AvgIpc) is 2.24. The molecule has 90 valence electrons. The summed E-state index contributed by atoms with van der Waals surface area (Å²) in [7, 11) is 0. The van der Waals surface area contributed by atoms with Gasteiger partial charge in [0.15, 0.2) is 0 Å². The molecule has 1 aromatic carbocycles. The molecule has 0 spiro atoms. The average molecular weight is 231 g/mol. The van der Waals surface area contributed by atoms with Gasteiger partial charge in [-0.15, -0.1) is 0 Å². The summed E-state index contributed by atoms with van der Waals surface area (Å²) in [6.07, 6.45) is 0. The van der Waals surface area contributed by atoms with Gasteiger partial charge in [-0.3, -0.25) is 4.79 Å². The van der Waals surface area contributed by atoms with Crippen LogP contribution in [-0.4, -0.2) is 23.7 Å². The lowest BCUT2D eigenvalue weighted by atomic mass is 10.1. The molecule has 3 nitrogen and oxygen atoms in total. The van der Waals surface area contributed by atoms with Crippen LogP contribution in [0, 0.1) is 18.8 Å². The third-order valence-electron chi connectivity index (χ3n) is 2.07. The zero-order valence-corrected chi connectivity index (χ0v) is 10.4. The Morgan fingerprint density at radius 1 is 1.41 bits per heavy atom. The minimum absolute atomic E-state index is 0.101. The van der Waals surface area contributed by atoms with Gasteiger partial charge in [0, 0.05) is 17.2 Å². The van der Waals surface area contributed by atoms with E-state index < -0.39 is 0 Å². The van der Waals surface area contributed by atoms with Gasteiger partial charge in [0.2, 0.25) is 0 Å². The number of amides is 1. The SMILES string of the molecule is Cc1cc(C#CCO)cc(C(=O)NC(C)C)c1. The van der Waals surface area contributed by atoms with Crippen molar-refractivity contribution in [3.63, 3.8) is 0 Å². The van der Waals surface area contributed by atoms with Gasteiger partial charge in [-0.1, -0.05) is 11.8 Å². The van der Waals surface area contributed by atoms with Gasteiger partial charge < -0.3 is 10.4 Å². The highest BCUT2D eigenvalue weighted by molar-refractivity contribution is 5.94. The van der Waals surface area contributed by atoms with Crippen LogP contribution >= 0.6 is 0 Å². The van der Waals surface area contributed by atoms with E-state index >= 15 is 0 Å². The van der Waals surface area contributed by atoms with Gasteiger partial charge >= 0.3 is 0 Å². The van der Waals surface area contributed by atoms with Crippen LogP contribution in [0.4, 0.5) is 0 Å². The lowest BCUT2D eigenvalue weighted by Crippen LogP contribution is -2.30. The van der Waals surface area contributed by atoms with Crippen LogP contribution in [0.1, 0.15) is 35.3 Å². The predicted octanol–water partition coefficient (Wildman–Crippen LogP) is 1.48. The fourth-order valence-corrected chi connectivity index (χ4v) is 1.47. The summed E-state index contributed by atoms with van der Waals surface area (Å²) in [5.41, 5.74) is 2.32. The van der Waals surface area contributed by atoms with Crippen molar-refractivity contribution in [2.45, 2.75) is 26.8 Å². The number of hydrogen-bond donors (Lipinski definition) is 2. The molecule has 1 amide bonds. The molecule has 0 radical (unpaired) electrons. The van der Waals surface area contributed by atoms with E-state index in [1.54, 1.807) is 6.07 Å². The number of nitrogens with one attached hydrogen (secondary N) is 1. The zero-order chi connectivity index (χ0) is 12.8. The lowest BCUT2D eigenvalue weighted by molar-refractivity contribution is 0.0943. The third kappa shape index (κ3) is 4.29. The second-order valence-electron chi connectivity index (χ2n) is 4.18. The first-order valence-corrected chi connectivity index (χ1v) is 5.55. The Hall–Kier alpha value is -1.79. The van der Waals surface area contributed by atoms with Crippen LogP contribution in [0.15, 0.2) is 18.2 Å². The monoisotopic (exact) mass is 231 g/mol. The first-order valence-electron chi connectivity index (χ1n) is 5.55. The van der Waals surface area contributed by atoms with Crippen molar-refractivity contribution in [3.05, 3.63) is 34.9 Å². The number of rotatable bonds is 2. The summed E-state index contributed by atoms with van der Waals surface area (Å²) in [5.74, 6) is 5.28. The van der Waals surface area contributed by atoms with Crippen molar-refractivity contribution in [3.8, 4) is 11.8 Å². The van der Waals surface area contributed by atoms with Crippen LogP contribution in [0.5, 0.6) is 0 Å². The Morgan fingerprint density at radius 3 is 2.71 bits per heavy atom. The maximum absolute atomic E-state index is 11.8. The lowest BCUT2D eigenvalue weighted by Gasteiger charge is -2.09. The predicted molar refractivity (Wildman–Crippen MR) is 67.7 cm³/mol. The number of aliphatic hydroxyl groups is 1. The molecule has 0 aliphatic heterocycles. The zero-order valence-electron chi connectivity index (χ0n) is 10.4. The van der Waals surface area contributed by atoms with E-state index in [1.165, 1.54) is 0 Å². The van der Waals surface area contributed by atoms with Gasteiger partial charge in [0.1, 0.15) is 6.61 Å². The standard InChI is InChI=1S/C14H17NO2/c1-10(2)15-14(17)13-8-11(3)7-12(9-13)5-4-6-16/h7-10,16H,6H2,1-3H3,(H,15,17). The van der Waals surface area contributed by atoms with Crippen molar-refractivity contribution in [1.82, 2.24) is 5.32 Å². The molecule has 0 heterocycles. The van der Waals surface area contributed by atoms with Gasteiger partial charge in [-0.05, 0) is 44.5 Å². The molecular weight excluding hydrogens is 214 g/mol. The summed E-state index contributed by atoms with van der Waals surface area (Å²) in [6, 6.07) is 5.54. The van der Waals surface area contributed by atoms with Gasteiger partial charge in [0.25, 0.3) is 5.91 Å². The third-order valence-corrected chi connectivity index (χ3v) is 2.07. The topological polar surface area (TPSA) is 49.3 Å². The molecule has 0 saturated carbocycles. The Bertz CT molecular complexity index is 467. The molecule has 3 heteroatoms. The molecular formula is C14H17NO2. The maximum Gasteiger partial charge on any atom is 0.251 e. The van der Waals surface area contributed by atoms with Crippen molar-refractivity contribution < 1.29 is 9.90 Å². The highest BCUT2D eigenvalue weighted by Gasteiger charge is 2.07. The molecule has 1 aromatic rings. The summed E-state index contributed by atoms with van der Waals surface area (Å²) < 4.78 is 0. The van der Waals surface area contributed by atoms with Crippen molar-refractivity contribution in [2.24, 2.45) is 0 Å². The molecule has 0 unspecified atom stereocenters. The molecule has 0 aromatic heterocycles. The van der Waals surface area contributed by atoms with Crippen LogP contribution in [-0.2, 0) is 0 Å². The Balaban J connectivity index is 3.00. The summed E-state index contributed by atoms with van der Waals surface area (Å²) in [6.45, 7) is 5.57. The second kappa shape index (κ2) is 6.07. The van der Waals surface area contributed by atoms with Crippen LogP contribution in [0.25, 0.3) is 0 Å². The highest BCUT2D eigenvalue weighted by Crippen LogP contribution is 2.09. The van der Waals surface area contributed by atoms with Crippen LogP contribution in [0.2, 0.25) is 0 Å². The van der Waals surface area contributed by atoms with Crippen molar-refractivity contribution in [2.75, 3.05) is 6.61 Å². The number of carbonyl (C=O) groups is 1. The van der Waals surface area contributed by atoms with E-state index in [2.05, 4.69) is 17.2 Å². The molecule has 0 atom stereocenters. The van der Waals surface area contributed by atoms with E-state index in [9.17, 15) is 4.79 Å². The quantitative estimate of drug-likeness (QED) is 0.757. The molecule has 1 rings (SSSR count). The van der Waals surface area contributed by atoms with E-state index in [1.807, 2.05) is 32.9 Å². The number of carbonyl (C=O) groups excluding carboxylic acids is 1. The van der Waals surface area contributed by atoms with Crippen molar-refractivity contribution in [1.29, 1.82) is 0 Å². The van der Waals surface area contributed by atoms with E-state index in [-0.39, 0.29) is 18.6 Å². The first-order chi connectivity index (χ1) is 8.02. The minimum atomic E-state index is -0.179. The van der Waals surface area contributed by atoms with Gasteiger partial charge in [-0.25, -0.2) is 0 Å². The second-order valence-corrected chi connectivity index (χ2v) is 4.18. The molecule has 17 heavy (non-hydrogen) atoms. The van der Waals surface area contributed by atoms with E-state index in [0.29, 0.717) is 5.56 Å². The largest absolute Gasteiger partial charge is 0.384 e. The van der Waals surface area contributed by atoms with Gasteiger partial charge in [-0.2, -0.15) is 0 Å². The maximum atomic E-state index is 11.8. The Kier molecular flexibility index (Phi) is 4.74. The molecule has 0 aliphatic rings. The molecule has 0 saturated heterocycles. The summed E-state index contributed by atoms with van der Waals surface area (Å²) >= 11 is 0. The Morgan fingerprint density at radius 2 is 2.12 bits per heavy atom. The fraction of sp³-hybridized carbons (Fsp3) is 0.357. The highest BCUT2D eigenvalue weighted by atomic mass is 16.2. The number of aryl methyl sites for hydroxylation is 1. The molecule has 0 fully saturated rings. The molecule has 2 N–H and O–H groups in total. The normalized spacial score (nSPS) is 9.71. The molecule has 0 aliphatic carbocycles. The number of benzene rings is 1. The van der Waals surface area contributed by atoms with E-state index in [4.69, 9.17) is 5.11 Å².